The van der Waals surface area contributed by atoms with Crippen LogP contribution in [0.5, 0.6) is 0 Å². The second kappa shape index (κ2) is 4.39. The van der Waals surface area contributed by atoms with E-state index in [4.69, 9.17) is 5.73 Å². The molecule has 0 amide bonds. The summed E-state index contributed by atoms with van der Waals surface area (Å²) in [5, 5.41) is 13.5. The van der Waals surface area contributed by atoms with E-state index >= 15 is 0 Å². The summed E-state index contributed by atoms with van der Waals surface area (Å²) in [6.45, 7) is 0.207. The number of anilines is 1. The minimum absolute atomic E-state index is 0.110. The van der Waals surface area contributed by atoms with Crippen molar-refractivity contribution in [1.29, 1.82) is 0 Å². The molecule has 0 fully saturated rings. The molecule has 10 heteroatoms. The van der Waals surface area contributed by atoms with Gasteiger partial charge in [0.15, 0.2) is 0 Å². The Bertz CT molecular complexity index is 590. The van der Waals surface area contributed by atoms with Crippen LogP contribution in [0, 0.1) is 0 Å². The monoisotopic (exact) mass is 274 g/mol. The molecule has 3 N–H and O–H groups in total. The zero-order chi connectivity index (χ0) is 12.5. The summed E-state index contributed by atoms with van der Waals surface area (Å²) in [5.74, 6) is 0. The van der Waals surface area contributed by atoms with Crippen LogP contribution in [0.3, 0.4) is 0 Å². The van der Waals surface area contributed by atoms with Gasteiger partial charge in [-0.1, -0.05) is 11.3 Å². The Labute approximate surface area is 102 Å². The number of aromatic amines is 1. The van der Waals surface area contributed by atoms with Gasteiger partial charge >= 0.3 is 0 Å². The minimum Gasteiger partial charge on any atom is -0.374 e. The molecule has 0 atom stereocenters. The number of hydrogen-bond donors (Lipinski definition) is 2. The van der Waals surface area contributed by atoms with Gasteiger partial charge in [-0.25, -0.2) is 8.42 Å². The Hall–Kier alpha value is -1.52. The fraction of sp³-hybridized carbons (Fsp3) is 0.286. The number of sulfonamides is 1. The van der Waals surface area contributed by atoms with Gasteiger partial charge in [-0.2, -0.15) is 9.40 Å². The smallest absolute Gasteiger partial charge is 0.272 e. The summed E-state index contributed by atoms with van der Waals surface area (Å²) in [6.07, 6.45) is 3.18. The SMILES string of the molecule is CN(Cc1cn[nH]c1)S(=O)(=O)c1nnc(N)s1. The molecule has 0 aliphatic rings. The first-order valence-electron chi connectivity index (χ1n) is 4.53. The van der Waals surface area contributed by atoms with Crippen molar-refractivity contribution in [3.63, 3.8) is 0 Å². The summed E-state index contributed by atoms with van der Waals surface area (Å²) < 4.78 is 25.1. The van der Waals surface area contributed by atoms with Gasteiger partial charge in [0.25, 0.3) is 10.0 Å². The first-order chi connectivity index (χ1) is 8.00. The maximum absolute atomic E-state index is 12.0. The van der Waals surface area contributed by atoms with Gasteiger partial charge in [0.1, 0.15) is 0 Å². The van der Waals surface area contributed by atoms with Crippen LogP contribution >= 0.6 is 11.3 Å². The van der Waals surface area contributed by atoms with Crippen LogP contribution in [0.15, 0.2) is 16.7 Å². The Morgan fingerprint density at radius 3 is 2.82 bits per heavy atom. The number of aromatic nitrogens is 4. The maximum Gasteiger partial charge on any atom is 0.272 e. The molecule has 2 aromatic rings. The Kier molecular flexibility index (Phi) is 3.09. The van der Waals surface area contributed by atoms with Crippen LogP contribution in [-0.4, -0.2) is 40.2 Å². The van der Waals surface area contributed by atoms with Gasteiger partial charge in [0.05, 0.1) is 6.20 Å². The Morgan fingerprint density at radius 1 is 1.53 bits per heavy atom. The van der Waals surface area contributed by atoms with Crippen molar-refractivity contribution in [1.82, 2.24) is 24.7 Å². The van der Waals surface area contributed by atoms with Gasteiger partial charge in [0.2, 0.25) is 9.47 Å². The van der Waals surface area contributed by atoms with Gasteiger partial charge < -0.3 is 5.73 Å². The molecule has 0 aromatic carbocycles. The summed E-state index contributed by atoms with van der Waals surface area (Å²) in [6, 6.07) is 0. The van der Waals surface area contributed by atoms with E-state index in [0.29, 0.717) is 0 Å². The third-order valence-corrected chi connectivity index (χ3v) is 4.91. The predicted molar refractivity (Wildman–Crippen MR) is 61.6 cm³/mol. The highest BCUT2D eigenvalue weighted by Gasteiger charge is 2.25. The number of nitrogens with one attached hydrogen (secondary N) is 1. The van der Waals surface area contributed by atoms with Crippen molar-refractivity contribution in [2.45, 2.75) is 10.9 Å². The fourth-order valence-corrected chi connectivity index (χ4v) is 3.30. The lowest BCUT2D eigenvalue weighted by Crippen LogP contribution is -2.26. The average Bonchev–Trinajstić information content (AvgIpc) is 2.89. The molecule has 0 unspecified atom stereocenters. The van der Waals surface area contributed by atoms with Crippen LogP contribution in [0.2, 0.25) is 0 Å². The average molecular weight is 274 g/mol. The van der Waals surface area contributed by atoms with Crippen molar-refractivity contribution < 1.29 is 8.42 Å². The normalized spacial score (nSPS) is 12.1. The molecule has 0 saturated heterocycles. The molecule has 2 rings (SSSR count). The molecular weight excluding hydrogens is 264 g/mol. The minimum atomic E-state index is -3.64. The number of hydrogen-bond acceptors (Lipinski definition) is 7. The third-order valence-electron chi connectivity index (χ3n) is 2.01. The first-order valence-corrected chi connectivity index (χ1v) is 6.79. The van der Waals surface area contributed by atoms with Crippen LogP contribution in [0.25, 0.3) is 0 Å². The number of nitrogen functional groups attached to an aromatic ring is 1. The third kappa shape index (κ3) is 2.43. The summed E-state index contributed by atoms with van der Waals surface area (Å²) in [5.41, 5.74) is 6.12. The molecule has 92 valence electrons. The molecule has 0 aliphatic heterocycles. The molecule has 2 aromatic heterocycles. The Balaban J connectivity index is 2.21. The molecule has 2 heterocycles. The van der Waals surface area contributed by atoms with E-state index in [9.17, 15) is 8.42 Å². The quantitative estimate of drug-likeness (QED) is 0.787. The number of nitrogens with zero attached hydrogens (tertiary/aromatic N) is 4. The maximum atomic E-state index is 12.0. The van der Waals surface area contributed by atoms with Crippen LogP contribution in [-0.2, 0) is 16.6 Å². The molecule has 0 aliphatic carbocycles. The molecule has 17 heavy (non-hydrogen) atoms. The predicted octanol–water partition coefficient (Wildman–Crippen LogP) is -0.336. The standard InChI is InChI=1S/C7H10N6O2S2/c1-13(4-5-2-9-10-3-5)17(14,15)7-12-11-6(8)16-7/h2-3H,4H2,1H3,(H2,8,11)(H,9,10). The highest BCUT2D eigenvalue weighted by molar-refractivity contribution is 7.91. The summed E-state index contributed by atoms with van der Waals surface area (Å²) >= 11 is 0.838. The highest BCUT2D eigenvalue weighted by atomic mass is 32.2. The molecule has 0 saturated carbocycles. The molecule has 8 nitrogen and oxygen atoms in total. The van der Waals surface area contributed by atoms with Gasteiger partial charge in [-0.3, -0.25) is 5.10 Å². The van der Waals surface area contributed by atoms with E-state index in [2.05, 4.69) is 20.4 Å². The largest absolute Gasteiger partial charge is 0.374 e. The lowest BCUT2D eigenvalue weighted by molar-refractivity contribution is 0.465. The van der Waals surface area contributed by atoms with Crippen molar-refractivity contribution >= 4 is 26.5 Å². The summed E-state index contributed by atoms with van der Waals surface area (Å²) in [7, 11) is -2.18. The first kappa shape index (κ1) is 12.0. The second-order valence-electron chi connectivity index (χ2n) is 3.27. The lowest BCUT2D eigenvalue weighted by Gasteiger charge is -2.13. The van der Waals surface area contributed by atoms with E-state index in [0.717, 1.165) is 21.2 Å². The van der Waals surface area contributed by atoms with E-state index in [-0.39, 0.29) is 16.0 Å². The van der Waals surface area contributed by atoms with Crippen LogP contribution < -0.4 is 5.73 Å². The number of rotatable bonds is 4. The van der Waals surface area contributed by atoms with Crippen LogP contribution in [0.1, 0.15) is 5.56 Å². The van der Waals surface area contributed by atoms with Gasteiger partial charge in [-0.05, 0) is 0 Å². The van der Waals surface area contributed by atoms with E-state index < -0.39 is 10.0 Å². The molecule has 0 bridgehead atoms. The Morgan fingerprint density at radius 2 is 2.29 bits per heavy atom. The topological polar surface area (TPSA) is 118 Å². The van der Waals surface area contributed by atoms with Crippen LogP contribution in [0.4, 0.5) is 5.13 Å². The lowest BCUT2D eigenvalue weighted by atomic mass is 10.4. The molecule has 0 spiro atoms. The van der Waals surface area contributed by atoms with E-state index in [1.807, 2.05) is 0 Å². The zero-order valence-electron chi connectivity index (χ0n) is 8.86. The molecular formula is C7H10N6O2S2. The zero-order valence-corrected chi connectivity index (χ0v) is 10.5. The molecule has 0 radical (unpaired) electrons. The van der Waals surface area contributed by atoms with Crippen molar-refractivity contribution in [2.24, 2.45) is 0 Å². The summed E-state index contributed by atoms with van der Waals surface area (Å²) in [4.78, 5) is 0. The number of nitrogens with two attached hydrogens (primary N) is 1. The van der Waals surface area contributed by atoms with Crippen molar-refractivity contribution in [3.8, 4) is 0 Å². The van der Waals surface area contributed by atoms with Crippen molar-refractivity contribution in [3.05, 3.63) is 18.0 Å². The highest BCUT2D eigenvalue weighted by Crippen LogP contribution is 2.21. The number of H-pyrrole nitrogens is 1. The van der Waals surface area contributed by atoms with E-state index in [1.54, 1.807) is 12.4 Å². The van der Waals surface area contributed by atoms with Gasteiger partial charge in [-0.15, -0.1) is 10.2 Å². The van der Waals surface area contributed by atoms with E-state index in [1.165, 1.54) is 7.05 Å². The van der Waals surface area contributed by atoms with Gasteiger partial charge in [0, 0.05) is 25.4 Å². The second-order valence-corrected chi connectivity index (χ2v) is 6.50. The fourth-order valence-electron chi connectivity index (χ4n) is 1.16. The van der Waals surface area contributed by atoms with Crippen molar-refractivity contribution in [2.75, 3.05) is 12.8 Å².